The second-order valence-electron chi connectivity index (χ2n) is 10.4. The Kier molecular flexibility index (Phi) is 8.20. The molecule has 3 heterocycles. The molecule has 10 nitrogen and oxygen atoms in total. The molecule has 0 aliphatic carbocycles. The van der Waals surface area contributed by atoms with Gasteiger partial charge >= 0.3 is 6.09 Å². The van der Waals surface area contributed by atoms with E-state index < -0.39 is 12.1 Å². The van der Waals surface area contributed by atoms with Crippen LogP contribution >= 0.6 is 11.3 Å². The summed E-state index contributed by atoms with van der Waals surface area (Å²) in [6.45, 7) is 3.90. The lowest BCUT2D eigenvalue weighted by Crippen LogP contribution is -2.44. The van der Waals surface area contributed by atoms with Gasteiger partial charge in [-0.15, -0.1) is 0 Å². The van der Waals surface area contributed by atoms with Crippen LogP contribution in [0.3, 0.4) is 0 Å². The highest BCUT2D eigenvalue weighted by Crippen LogP contribution is 2.32. The van der Waals surface area contributed by atoms with Gasteiger partial charge in [-0.25, -0.2) is 9.78 Å². The number of nitrogen functional groups attached to an aromatic ring is 1. The predicted octanol–water partition coefficient (Wildman–Crippen LogP) is 3.94. The number of carbonyl (C=O) groups is 3. The molecule has 2 aromatic carbocycles. The van der Waals surface area contributed by atoms with E-state index in [-0.39, 0.29) is 24.2 Å². The fraction of sp³-hybridized carbons (Fsp3) is 0.379. The summed E-state index contributed by atoms with van der Waals surface area (Å²) in [5.74, 6) is 0.0213. The van der Waals surface area contributed by atoms with Crippen molar-refractivity contribution >= 4 is 55.5 Å². The van der Waals surface area contributed by atoms with Gasteiger partial charge in [-0.2, -0.15) is 0 Å². The van der Waals surface area contributed by atoms with E-state index in [1.165, 1.54) is 18.3 Å². The molecule has 5 N–H and O–H groups in total. The van der Waals surface area contributed by atoms with Gasteiger partial charge < -0.3 is 30.9 Å². The lowest BCUT2D eigenvalue weighted by molar-refractivity contribution is -0.133. The second kappa shape index (κ2) is 12.0. The van der Waals surface area contributed by atoms with Gasteiger partial charge in [-0.1, -0.05) is 35.6 Å². The monoisotopic (exact) mass is 562 g/mol. The summed E-state index contributed by atoms with van der Waals surface area (Å²) >= 11 is 1.38. The fourth-order valence-corrected chi connectivity index (χ4v) is 6.49. The number of rotatable bonds is 9. The molecule has 1 fully saturated rings. The van der Waals surface area contributed by atoms with Crippen molar-refractivity contribution in [1.82, 2.24) is 25.1 Å². The number of carbonyl (C=O) groups excluding carboxylic acids is 2. The Morgan fingerprint density at radius 1 is 1.20 bits per heavy atom. The number of anilines is 1. The number of nitrogens with one attached hydrogen (secondary N) is 2. The van der Waals surface area contributed by atoms with E-state index >= 15 is 0 Å². The van der Waals surface area contributed by atoms with Gasteiger partial charge in [0.05, 0.1) is 10.2 Å². The van der Waals surface area contributed by atoms with Crippen LogP contribution in [0.25, 0.3) is 21.1 Å². The van der Waals surface area contributed by atoms with Gasteiger partial charge in [0.2, 0.25) is 11.8 Å². The van der Waals surface area contributed by atoms with Crippen molar-refractivity contribution in [3.05, 3.63) is 59.8 Å². The van der Waals surface area contributed by atoms with Crippen LogP contribution < -0.4 is 16.4 Å². The van der Waals surface area contributed by atoms with Crippen LogP contribution in [0.4, 0.5) is 9.93 Å². The zero-order valence-electron chi connectivity index (χ0n) is 22.4. The van der Waals surface area contributed by atoms with Gasteiger partial charge in [-0.05, 0) is 54.5 Å². The molecule has 0 saturated carbocycles. The van der Waals surface area contributed by atoms with Crippen LogP contribution in [0.2, 0.25) is 0 Å². The first kappa shape index (κ1) is 27.4. The van der Waals surface area contributed by atoms with E-state index in [1.807, 2.05) is 35.2 Å². The maximum atomic E-state index is 13.5. The van der Waals surface area contributed by atoms with Crippen LogP contribution in [0.5, 0.6) is 0 Å². The number of nitrogens with two attached hydrogens (primary N) is 1. The smallest absolute Gasteiger partial charge is 0.404 e. The van der Waals surface area contributed by atoms with Crippen LogP contribution in [0.1, 0.15) is 43.4 Å². The number of carboxylic acid groups (broad SMARTS) is 1. The Bertz CT molecular complexity index is 1550. The zero-order valence-corrected chi connectivity index (χ0v) is 23.2. The Hall–Kier alpha value is -4.12. The predicted molar refractivity (Wildman–Crippen MR) is 156 cm³/mol. The molecule has 0 bridgehead atoms. The lowest BCUT2D eigenvalue weighted by atomic mass is 9.93. The summed E-state index contributed by atoms with van der Waals surface area (Å²) in [5.41, 5.74) is 9.81. The maximum Gasteiger partial charge on any atom is 0.404 e. The topological polar surface area (TPSA) is 143 Å². The summed E-state index contributed by atoms with van der Waals surface area (Å²) in [4.78, 5) is 42.7. The molecule has 1 aliphatic rings. The SMILES string of the molecule is CC(=O)NCCn1c(C2CCCN(C(=O)C[C@@H](Cc3ccc4nc(N)sc4c3)NC(=O)O)C2)cc2ccccc21. The number of likely N-dealkylation sites (tertiary alicyclic amines) is 1. The number of nitrogens with zero attached hydrogens (tertiary/aromatic N) is 3. The van der Waals surface area contributed by atoms with Crippen molar-refractivity contribution in [3.63, 3.8) is 0 Å². The normalized spacial score (nSPS) is 16.2. The minimum absolute atomic E-state index is 0.0620. The summed E-state index contributed by atoms with van der Waals surface area (Å²) in [6, 6.07) is 15.6. The molecule has 210 valence electrons. The molecule has 0 spiro atoms. The molecular formula is C29H34N6O4S. The number of piperidine rings is 1. The van der Waals surface area contributed by atoms with Crippen molar-refractivity contribution in [2.45, 2.75) is 51.1 Å². The summed E-state index contributed by atoms with van der Waals surface area (Å²) in [7, 11) is 0. The molecule has 1 saturated heterocycles. The highest BCUT2D eigenvalue weighted by molar-refractivity contribution is 7.22. The third kappa shape index (κ3) is 6.36. The van der Waals surface area contributed by atoms with E-state index in [1.54, 1.807) is 0 Å². The van der Waals surface area contributed by atoms with Crippen LogP contribution in [-0.2, 0) is 22.6 Å². The fourth-order valence-electron chi connectivity index (χ4n) is 5.70. The highest BCUT2D eigenvalue weighted by atomic mass is 32.1. The first-order valence-electron chi connectivity index (χ1n) is 13.5. The molecule has 1 aliphatic heterocycles. The number of hydrogen-bond donors (Lipinski definition) is 4. The van der Waals surface area contributed by atoms with Gasteiger partial charge in [0.15, 0.2) is 5.13 Å². The Morgan fingerprint density at radius 3 is 2.83 bits per heavy atom. The van der Waals surface area contributed by atoms with E-state index in [0.717, 1.165) is 45.2 Å². The third-order valence-electron chi connectivity index (χ3n) is 7.44. The van der Waals surface area contributed by atoms with E-state index in [9.17, 15) is 19.5 Å². The molecule has 1 unspecified atom stereocenters. The Balaban J connectivity index is 1.30. The van der Waals surface area contributed by atoms with Gasteiger partial charge in [0.1, 0.15) is 0 Å². The van der Waals surface area contributed by atoms with Crippen molar-refractivity contribution in [1.29, 1.82) is 0 Å². The average molecular weight is 563 g/mol. The van der Waals surface area contributed by atoms with Gasteiger partial charge in [0.25, 0.3) is 0 Å². The summed E-state index contributed by atoms with van der Waals surface area (Å²) in [6.07, 6.45) is 1.13. The third-order valence-corrected chi connectivity index (χ3v) is 8.29. The zero-order chi connectivity index (χ0) is 28.2. The van der Waals surface area contributed by atoms with Crippen molar-refractivity contribution in [2.24, 2.45) is 0 Å². The Labute approximate surface area is 236 Å². The molecular weight excluding hydrogens is 528 g/mol. The molecule has 40 heavy (non-hydrogen) atoms. The highest BCUT2D eigenvalue weighted by Gasteiger charge is 2.29. The van der Waals surface area contributed by atoms with Crippen molar-refractivity contribution in [2.75, 3.05) is 25.4 Å². The molecule has 2 atom stereocenters. The number of benzene rings is 2. The first-order valence-corrected chi connectivity index (χ1v) is 14.3. The molecule has 0 radical (unpaired) electrons. The minimum atomic E-state index is -1.15. The number of amides is 3. The van der Waals surface area contributed by atoms with Gasteiger partial charge in [0, 0.05) is 62.7 Å². The van der Waals surface area contributed by atoms with E-state index in [2.05, 4.69) is 38.4 Å². The largest absolute Gasteiger partial charge is 0.465 e. The maximum absolute atomic E-state index is 13.5. The molecule has 2 aromatic heterocycles. The standard InChI is InChI=1S/C29H34N6O4S/c1-18(36)31-10-12-35-24-7-3-2-5-20(24)15-25(35)21-6-4-11-34(17-21)27(37)16-22(32-29(38)39)13-19-8-9-23-26(14-19)40-28(30)33-23/h2-3,5,7-9,14-15,21-22,32H,4,6,10-13,16-17H2,1H3,(H2,30,33)(H,31,36)(H,38,39)/t21?,22-/m1/s1. The number of para-hydroxylation sites is 1. The number of thiazole rings is 1. The minimum Gasteiger partial charge on any atom is -0.465 e. The quantitative estimate of drug-likeness (QED) is 0.243. The van der Waals surface area contributed by atoms with E-state index in [4.69, 9.17) is 5.73 Å². The molecule has 4 aromatic rings. The van der Waals surface area contributed by atoms with Crippen LogP contribution in [0.15, 0.2) is 48.5 Å². The summed E-state index contributed by atoms with van der Waals surface area (Å²) < 4.78 is 3.18. The Morgan fingerprint density at radius 2 is 2.02 bits per heavy atom. The molecule has 3 amide bonds. The first-order chi connectivity index (χ1) is 19.3. The van der Waals surface area contributed by atoms with Gasteiger partial charge in [-0.3, -0.25) is 9.59 Å². The molecule has 11 heteroatoms. The number of hydrogen-bond acceptors (Lipinski definition) is 6. The molecule has 5 rings (SSSR count). The van der Waals surface area contributed by atoms with Crippen LogP contribution in [-0.4, -0.2) is 63.1 Å². The summed E-state index contributed by atoms with van der Waals surface area (Å²) in [5, 5.41) is 16.5. The van der Waals surface area contributed by atoms with Crippen molar-refractivity contribution in [3.8, 4) is 0 Å². The number of aromatic nitrogens is 2. The van der Waals surface area contributed by atoms with Crippen LogP contribution in [0, 0.1) is 0 Å². The van der Waals surface area contributed by atoms with Crippen molar-refractivity contribution < 1.29 is 19.5 Å². The lowest BCUT2D eigenvalue weighted by Gasteiger charge is -2.34. The second-order valence-corrected chi connectivity index (χ2v) is 11.4. The number of fused-ring (bicyclic) bond motifs is 2. The average Bonchev–Trinajstić information content (AvgIpc) is 3.47. The van der Waals surface area contributed by atoms with E-state index in [0.29, 0.717) is 37.7 Å².